The van der Waals surface area contributed by atoms with Gasteiger partial charge in [-0.1, -0.05) is 26.0 Å². The molecule has 2 aromatic rings. The lowest BCUT2D eigenvalue weighted by molar-refractivity contribution is 0.300. The zero-order valence-corrected chi connectivity index (χ0v) is 12.3. The van der Waals surface area contributed by atoms with Crippen LogP contribution in [0.3, 0.4) is 0 Å². The van der Waals surface area contributed by atoms with E-state index in [9.17, 15) is 0 Å². The van der Waals surface area contributed by atoms with Crippen LogP contribution in [0, 0.1) is 5.92 Å². The van der Waals surface area contributed by atoms with E-state index < -0.39 is 0 Å². The van der Waals surface area contributed by atoms with Crippen LogP contribution in [0.1, 0.15) is 32.4 Å². The van der Waals surface area contributed by atoms with Gasteiger partial charge in [0.2, 0.25) is 0 Å². The number of halogens is 1. The van der Waals surface area contributed by atoms with Crippen LogP contribution >= 0.6 is 11.6 Å². The van der Waals surface area contributed by atoms with Crippen molar-refractivity contribution in [1.82, 2.24) is 4.98 Å². The van der Waals surface area contributed by atoms with Gasteiger partial charge < -0.3 is 4.74 Å². The topological polar surface area (TPSA) is 22.1 Å². The first-order chi connectivity index (χ1) is 9.20. The molecule has 0 fully saturated rings. The first kappa shape index (κ1) is 14.1. The minimum atomic E-state index is 0.410. The van der Waals surface area contributed by atoms with E-state index >= 15 is 0 Å². The fourth-order valence-corrected chi connectivity index (χ4v) is 2.19. The molecule has 0 saturated carbocycles. The number of ether oxygens (including phenoxy) is 1. The van der Waals surface area contributed by atoms with E-state index in [2.05, 4.69) is 18.8 Å². The smallest absolute Gasteiger partial charge is 0.130 e. The molecule has 0 saturated heterocycles. The standard InChI is InChI=1S/C16H20ClNO/c1-12(2)6-5-9-19-16-10-13(11-17)18-15-8-4-3-7-14(15)16/h3-4,7-8,10,12H,5-6,9,11H2,1-2H3. The molecule has 0 N–H and O–H groups in total. The van der Waals surface area contributed by atoms with Crippen molar-refractivity contribution in [3.05, 3.63) is 36.0 Å². The Morgan fingerprint density at radius 1 is 1.26 bits per heavy atom. The van der Waals surface area contributed by atoms with E-state index in [1.165, 1.54) is 6.42 Å². The quantitative estimate of drug-likeness (QED) is 0.559. The summed E-state index contributed by atoms with van der Waals surface area (Å²) >= 11 is 5.88. The van der Waals surface area contributed by atoms with Crippen molar-refractivity contribution in [2.75, 3.05) is 6.61 Å². The Labute approximate surface area is 119 Å². The SMILES string of the molecule is CC(C)CCCOc1cc(CCl)nc2ccccc12. The summed E-state index contributed by atoms with van der Waals surface area (Å²) in [5, 5.41) is 1.06. The summed E-state index contributed by atoms with van der Waals surface area (Å²) in [7, 11) is 0. The summed E-state index contributed by atoms with van der Waals surface area (Å²) in [6.07, 6.45) is 2.26. The molecule has 19 heavy (non-hydrogen) atoms. The Morgan fingerprint density at radius 2 is 2.05 bits per heavy atom. The van der Waals surface area contributed by atoms with Crippen LogP contribution in [0.25, 0.3) is 10.9 Å². The second-order valence-electron chi connectivity index (χ2n) is 5.15. The summed E-state index contributed by atoms with van der Waals surface area (Å²) in [5.74, 6) is 2.02. The number of benzene rings is 1. The van der Waals surface area contributed by atoms with Gasteiger partial charge in [-0.05, 0) is 30.9 Å². The van der Waals surface area contributed by atoms with Gasteiger partial charge in [-0.3, -0.25) is 4.98 Å². The summed E-state index contributed by atoms with van der Waals surface area (Å²) in [6, 6.07) is 9.97. The second kappa shape index (κ2) is 6.76. The number of aromatic nitrogens is 1. The number of pyridine rings is 1. The highest BCUT2D eigenvalue weighted by molar-refractivity contribution is 6.17. The molecule has 102 valence electrons. The molecule has 0 aliphatic carbocycles. The van der Waals surface area contributed by atoms with Crippen LogP contribution in [0.4, 0.5) is 0 Å². The predicted molar refractivity (Wildman–Crippen MR) is 80.9 cm³/mol. The number of rotatable bonds is 6. The Morgan fingerprint density at radius 3 is 2.79 bits per heavy atom. The highest BCUT2D eigenvalue weighted by atomic mass is 35.5. The molecule has 1 aromatic carbocycles. The Hall–Kier alpha value is -1.28. The van der Waals surface area contributed by atoms with Crippen molar-refractivity contribution in [3.63, 3.8) is 0 Å². The summed E-state index contributed by atoms with van der Waals surface area (Å²) < 4.78 is 5.91. The molecule has 0 radical (unpaired) electrons. The van der Waals surface area contributed by atoms with Crippen LogP contribution in [0.2, 0.25) is 0 Å². The largest absolute Gasteiger partial charge is 0.493 e. The Balaban J connectivity index is 2.16. The van der Waals surface area contributed by atoms with Gasteiger partial charge in [-0.25, -0.2) is 0 Å². The molecular formula is C16H20ClNO. The van der Waals surface area contributed by atoms with Crippen LogP contribution < -0.4 is 4.74 Å². The van der Waals surface area contributed by atoms with Crippen molar-refractivity contribution in [3.8, 4) is 5.75 Å². The minimum absolute atomic E-state index is 0.410. The third-order valence-corrected chi connectivity index (χ3v) is 3.33. The van der Waals surface area contributed by atoms with E-state index in [0.29, 0.717) is 5.88 Å². The number of nitrogens with zero attached hydrogens (tertiary/aromatic N) is 1. The monoisotopic (exact) mass is 277 g/mol. The lowest BCUT2D eigenvalue weighted by Gasteiger charge is -2.11. The maximum atomic E-state index is 5.91. The molecule has 0 aliphatic heterocycles. The van der Waals surface area contributed by atoms with E-state index in [-0.39, 0.29) is 0 Å². The fourth-order valence-electron chi connectivity index (χ4n) is 2.06. The average molecular weight is 278 g/mol. The molecule has 1 heterocycles. The van der Waals surface area contributed by atoms with Gasteiger partial charge in [-0.2, -0.15) is 0 Å². The Bertz CT molecular complexity index is 539. The first-order valence-corrected chi connectivity index (χ1v) is 7.31. The van der Waals surface area contributed by atoms with Crippen LogP contribution in [0.5, 0.6) is 5.75 Å². The molecule has 0 unspecified atom stereocenters. The molecule has 0 atom stereocenters. The molecule has 1 aromatic heterocycles. The van der Waals surface area contributed by atoms with Gasteiger partial charge >= 0.3 is 0 Å². The summed E-state index contributed by atoms with van der Waals surface area (Å²) in [5.41, 5.74) is 1.80. The van der Waals surface area contributed by atoms with Crippen molar-refractivity contribution < 1.29 is 4.74 Å². The predicted octanol–water partition coefficient (Wildman–Crippen LogP) is 4.79. The summed E-state index contributed by atoms with van der Waals surface area (Å²) in [4.78, 5) is 4.50. The highest BCUT2D eigenvalue weighted by Crippen LogP contribution is 2.26. The van der Waals surface area contributed by atoms with Crippen molar-refractivity contribution in [2.45, 2.75) is 32.6 Å². The van der Waals surface area contributed by atoms with Crippen molar-refractivity contribution in [1.29, 1.82) is 0 Å². The zero-order valence-electron chi connectivity index (χ0n) is 11.5. The number of fused-ring (bicyclic) bond motifs is 1. The van der Waals surface area contributed by atoms with Gasteiger partial charge in [0, 0.05) is 11.5 Å². The van der Waals surface area contributed by atoms with Gasteiger partial charge in [0.05, 0.1) is 23.7 Å². The van der Waals surface area contributed by atoms with Crippen LogP contribution in [-0.4, -0.2) is 11.6 Å². The van der Waals surface area contributed by atoms with E-state index in [1.54, 1.807) is 0 Å². The van der Waals surface area contributed by atoms with E-state index in [1.807, 2.05) is 30.3 Å². The van der Waals surface area contributed by atoms with Gasteiger partial charge in [0.1, 0.15) is 5.75 Å². The number of para-hydroxylation sites is 1. The maximum absolute atomic E-state index is 5.91. The molecule has 0 aliphatic rings. The Kier molecular flexibility index (Phi) is 5.03. The minimum Gasteiger partial charge on any atom is -0.493 e. The van der Waals surface area contributed by atoms with Crippen molar-refractivity contribution in [2.24, 2.45) is 5.92 Å². The number of alkyl halides is 1. The fraction of sp³-hybridized carbons (Fsp3) is 0.438. The molecule has 3 heteroatoms. The molecule has 2 nitrogen and oxygen atoms in total. The van der Waals surface area contributed by atoms with Crippen LogP contribution in [-0.2, 0) is 5.88 Å². The molecule has 0 bridgehead atoms. The third kappa shape index (κ3) is 3.84. The van der Waals surface area contributed by atoms with Gasteiger partial charge in [-0.15, -0.1) is 11.6 Å². The van der Waals surface area contributed by atoms with Crippen molar-refractivity contribution >= 4 is 22.5 Å². The summed E-state index contributed by atoms with van der Waals surface area (Å²) in [6.45, 7) is 5.20. The van der Waals surface area contributed by atoms with Gasteiger partial charge in [0.25, 0.3) is 0 Å². The first-order valence-electron chi connectivity index (χ1n) is 6.78. The molecule has 0 amide bonds. The van der Waals surface area contributed by atoms with E-state index in [4.69, 9.17) is 16.3 Å². The average Bonchev–Trinajstić information content (AvgIpc) is 2.42. The third-order valence-electron chi connectivity index (χ3n) is 3.05. The van der Waals surface area contributed by atoms with Crippen LogP contribution in [0.15, 0.2) is 30.3 Å². The zero-order chi connectivity index (χ0) is 13.7. The van der Waals surface area contributed by atoms with E-state index in [0.717, 1.165) is 41.3 Å². The maximum Gasteiger partial charge on any atom is 0.130 e. The lowest BCUT2D eigenvalue weighted by Crippen LogP contribution is -2.01. The molecule has 2 rings (SSSR count). The second-order valence-corrected chi connectivity index (χ2v) is 5.41. The number of hydrogen-bond acceptors (Lipinski definition) is 2. The normalized spacial score (nSPS) is 11.2. The molecule has 0 spiro atoms. The number of hydrogen-bond donors (Lipinski definition) is 0. The highest BCUT2D eigenvalue weighted by Gasteiger charge is 2.06. The molecular weight excluding hydrogens is 258 g/mol. The lowest BCUT2D eigenvalue weighted by atomic mass is 10.1. The van der Waals surface area contributed by atoms with Gasteiger partial charge in [0.15, 0.2) is 0 Å².